The Bertz CT molecular complexity index is 1010. The minimum atomic E-state index is -1.67. The monoisotopic (exact) mass is 798 g/mol. The van der Waals surface area contributed by atoms with E-state index in [0.717, 1.165) is 44.9 Å². The zero-order chi connectivity index (χ0) is 41.2. The standard InChI is InChI=1S/C45H83NO10/c1-3-5-7-9-11-13-14-15-16-17-18-19-20-21-22-23-24-25-27-28-30-32-37(48)40(50)36(35-55-45-43(53)42(52)41(51)39(34-47)56-45)46-44(54)38(49)33-31-29-26-12-10-8-6-4-2/h17-18,21-22,25,27,36-43,45,47-53H,3-16,19-20,23-24,26,28-35H2,1-2H3,(H,46,54)/b18-17+,22-21+,27-25+. The normalized spacial score (nSPS) is 22.6. The maximum atomic E-state index is 13.0. The van der Waals surface area contributed by atoms with Gasteiger partial charge in [0.15, 0.2) is 6.29 Å². The molecule has 9 unspecified atom stereocenters. The molecule has 8 N–H and O–H groups in total. The topological polar surface area (TPSA) is 189 Å². The van der Waals surface area contributed by atoms with Gasteiger partial charge in [0.25, 0.3) is 0 Å². The first-order valence-electron chi connectivity index (χ1n) is 22.4. The van der Waals surface area contributed by atoms with Crippen molar-refractivity contribution in [3.05, 3.63) is 36.5 Å². The molecule has 0 aliphatic carbocycles. The van der Waals surface area contributed by atoms with Crippen molar-refractivity contribution in [2.45, 2.75) is 229 Å². The molecule has 0 saturated carbocycles. The summed E-state index contributed by atoms with van der Waals surface area (Å²) in [6.45, 7) is 3.35. The molecule has 1 fully saturated rings. The zero-order valence-electron chi connectivity index (χ0n) is 35.1. The first kappa shape index (κ1) is 52.3. The van der Waals surface area contributed by atoms with Crippen molar-refractivity contribution in [2.24, 2.45) is 0 Å². The highest BCUT2D eigenvalue weighted by Gasteiger charge is 2.44. The molecular weight excluding hydrogens is 714 g/mol. The van der Waals surface area contributed by atoms with E-state index in [-0.39, 0.29) is 12.8 Å². The van der Waals surface area contributed by atoms with E-state index in [4.69, 9.17) is 9.47 Å². The van der Waals surface area contributed by atoms with Crippen LogP contribution in [0.4, 0.5) is 0 Å². The van der Waals surface area contributed by atoms with Gasteiger partial charge in [-0.05, 0) is 64.2 Å². The highest BCUT2D eigenvalue weighted by molar-refractivity contribution is 5.80. The predicted octanol–water partition coefficient (Wildman–Crippen LogP) is 6.83. The van der Waals surface area contributed by atoms with Crippen LogP contribution < -0.4 is 5.32 Å². The highest BCUT2D eigenvalue weighted by Crippen LogP contribution is 2.23. The number of ether oxygens (including phenoxy) is 2. The van der Waals surface area contributed by atoms with E-state index in [1.54, 1.807) is 0 Å². The number of amides is 1. The third kappa shape index (κ3) is 25.0. The van der Waals surface area contributed by atoms with Crippen LogP contribution in [0.3, 0.4) is 0 Å². The molecule has 1 aliphatic rings. The first-order valence-corrected chi connectivity index (χ1v) is 22.4. The Hall–Kier alpha value is -1.67. The maximum absolute atomic E-state index is 13.0. The van der Waals surface area contributed by atoms with Crippen LogP contribution >= 0.6 is 0 Å². The van der Waals surface area contributed by atoms with E-state index >= 15 is 0 Å². The summed E-state index contributed by atoms with van der Waals surface area (Å²) < 4.78 is 11.0. The fourth-order valence-corrected chi connectivity index (χ4v) is 6.88. The number of aliphatic hydroxyl groups is 7. The molecule has 1 amide bonds. The Morgan fingerprint density at radius 1 is 0.607 bits per heavy atom. The van der Waals surface area contributed by atoms with Crippen LogP contribution in [0.2, 0.25) is 0 Å². The summed E-state index contributed by atoms with van der Waals surface area (Å²) in [5.74, 6) is -0.718. The second kappa shape index (κ2) is 35.3. The second-order valence-corrected chi connectivity index (χ2v) is 15.7. The minimum absolute atomic E-state index is 0.241. The SMILES string of the molecule is CCCCCCCCCC/C=C/CC/C=C/CC/C=C/CCCC(O)C(O)C(COC1OC(CO)C(O)C(O)C1O)NC(=O)C(O)CCCCCCCCCC. The minimum Gasteiger partial charge on any atom is -0.394 e. The molecule has 0 aromatic carbocycles. The zero-order valence-corrected chi connectivity index (χ0v) is 35.1. The Morgan fingerprint density at radius 2 is 1.07 bits per heavy atom. The van der Waals surface area contributed by atoms with Gasteiger partial charge >= 0.3 is 0 Å². The van der Waals surface area contributed by atoms with Gasteiger partial charge in [0.1, 0.15) is 36.6 Å². The van der Waals surface area contributed by atoms with E-state index in [9.17, 15) is 40.5 Å². The number of carbonyl (C=O) groups excluding carboxylic acids is 1. The van der Waals surface area contributed by atoms with Gasteiger partial charge in [-0.1, -0.05) is 147 Å². The number of rotatable bonds is 36. The summed E-state index contributed by atoms with van der Waals surface area (Å²) in [5, 5.41) is 75.3. The lowest BCUT2D eigenvalue weighted by molar-refractivity contribution is -0.303. The molecular formula is C45H83NO10. The van der Waals surface area contributed by atoms with Gasteiger partial charge in [-0.3, -0.25) is 4.79 Å². The molecule has 0 radical (unpaired) electrons. The van der Waals surface area contributed by atoms with Gasteiger partial charge in [0, 0.05) is 0 Å². The fourth-order valence-electron chi connectivity index (χ4n) is 6.88. The van der Waals surface area contributed by atoms with E-state index in [0.29, 0.717) is 19.3 Å². The first-order chi connectivity index (χ1) is 27.2. The summed E-state index contributed by atoms with van der Waals surface area (Å²) >= 11 is 0. The molecule has 11 heteroatoms. The molecule has 0 spiro atoms. The van der Waals surface area contributed by atoms with Gasteiger partial charge in [0.05, 0.1) is 25.4 Å². The Balaban J connectivity index is 2.46. The van der Waals surface area contributed by atoms with Crippen LogP contribution in [0.15, 0.2) is 36.5 Å². The number of hydrogen-bond acceptors (Lipinski definition) is 10. The van der Waals surface area contributed by atoms with Crippen LogP contribution in [-0.4, -0.2) is 110 Å². The number of nitrogens with one attached hydrogen (secondary N) is 1. The van der Waals surface area contributed by atoms with Gasteiger partial charge in [-0.15, -0.1) is 0 Å². The molecule has 0 bridgehead atoms. The third-order valence-electron chi connectivity index (χ3n) is 10.7. The molecule has 0 aromatic rings. The van der Waals surface area contributed by atoms with Gasteiger partial charge < -0.3 is 50.5 Å². The van der Waals surface area contributed by atoms with Crippen molar-refractivity contribution in [1.29, 1.82) is 0 Å². The molecule has 1 rings (SSSR count). The van der Waals surface area contributed by atoms with Crippen LogP contribution in [0.1, 0.15) is 174 Å². The van der Waals surface area contributed by atoms with Crippen LogP contribution in [0, 0.1) is 0 Å². The summed E-state index contributed by atoms with van der Waals surface area (Å²) in [6.07, 6.45) is 27.9. The second-order valence-electron chi connectivity index (χ2n) is 15.7. The van der Waals surface area contributed by atoms with Crippen LogP contribution in [0.25, 0.3) is 0 Å². The number of allylic oxidation sites excluding steroid dienone is 6. The molecule has 328 valence electrons. The molecule has 0 aromatic heterocycles. The summed E-state index contributed by atoms with van der Waals surface area (Å²) in [6, 6.07) is -1.19. The molecule has 11 nitrogen and oxygen atoms in total. The van der Waals surface area contributed by atoms with Crippen molar-refractivity contribution in [1.82, 2.24) is 5.32 Å². The van der Waals surface area contributed by atoms with Crippen molar-refractivity contribution >= 4 is 5.91 Å². The molecule has 56 heavy (non-hydrogen) atoms. The molecule has 1 saturated heterocycles. The Labute approximate surface area is 339 Å². The smallest absolute Gasteiger partial charge is 0.249 e. The predicted molar refractivity (Wildman–Crippen MR) is 224 cm³/mol. The van der Waals surface area contributed by atoms with E-state index < -0.39 is 74.2 Å². The Kier molecular flexibility index (Phi) is 33.0. The van der Waals surface area contributed by atoms with Crippen molar-refractivity contribution < 1.29 is 50.0 Å². The quantitative estimate of drug-likeness (QED) is 0.0247. The number of unbranched alkanes of at least 4 members (excludes halogenated alkanes) is 18. The maximum Gasteiger partial charge on any atom is 0.249 e. The van der Waals surface area contributed by atoms with Gasteiger partial charge in [0.2, 0.25) is 5.91 Å². The van der Waals surface area contributed by atoms with Gasteiger partial charge in [-0.2, -0.15) is 0 Å². The van der Waals surface area contributed by atoms with Crippen molar-refractivity contribution in [3.8, 4) is 0 Å². The summed E-state index contributed by atoms with van der Waals surface area (Å²) in [4.78, 5) is 13.0. The summed E-state index contributed by atoms with van der Waals surface area (Å²) in [5.41, 5.74) is 0. The molecule has 1 aliphatic heterocycles. The van der Waals surface area contributed by atoms with E-state index in [1.165, 1.54) is 83.5 Å². The van der Waals surface area contributed by atoms with Crippen LogP contribution in [0.5, 0.6) is 0 Å². The molecule has 1 heterocycles. The third-order valence-corrected chi connectivity index (χ3v) is 10.7. The van der Waals surface area contributed by atoms with Gasteiger partial charge in [-0.25, -0.2) is 0 Å². The van der Waals surface area contributed by atoms with E-state index in [2.05, 4.69) is 55.6 Å². The fraction of sp³-hybridized carbons (Fsp3) is 0.844. The lowest BCUT2D eigenvalue weighted by Gasteiger charge is -2.40. The van der Waals surface area contributed by atoms with Crippen LogP contribution in [-0.2, 0) is 14.3 Å². The van der Waals surface area contributed by atoms with Crippen molar-refractivity contribution in [2.75, 3.05) is 13.2 Å². The number of aliphatic hydroxyl groups excluding tert-OH is 7. The summed E-state index contributed by atoms with van der Waals surface area (Å²) in [7, 11) is 0. The largest absolute Gasteiger partial charge is 0.394 e. The number of hydrogen-bond donors (Lipinski definition) is 8. The lowest BCUT2D eigenvalue weighted by Crippen LogP contribution is -2.60. The van der Waals surface area contributed by atoms with E-state index in [1.807, 2.05) is 0 Å². The van der Waals surface area contributed by atoms with Crippen molar-refractivity contribution in [3.63, 3.8) is 0 Å². The molecule has 9 atom stereocenters. The highest BCUT2D eigenvalue weighted by atomic mass is 16.7. The number of carbonyl (C=O) groups is 1. The average molecular weight is 798 g/mol. The Morgan fingerprint density at radius 3 is 1.59 bits per heavy atom. The average Bonchev–Trinajstić information content (AvgIpc) is 3.20. The lowest BCUT2D eigenvalue weighted by atomic mass is 9.98.